The molecule has 2 aromatic carbocycles. The fraction of sp³-hybridized carbons (Fsp3) is 0.409. The number of methoxy groups -OCH3 is 1. The summed E-state index contributed by atoms with van der Waals surface area (Å²) in [7, 11) is -2.33. The van der Waals surface area contributed by atoms with Gasteiger partial charge in [0.1, 0.15) is 5.75 Å². The van der Waals surface area contributed by atoms with Crippen molar-refractivity contribution in [1.29, 1.82) is 0 Å². The molecular formula is C22H26N2O4S. The number of nitrogens with one attached hydrogen (secondary N) is 2. The number of carbonyl (C=O) groups excluding carboxylic acids is 1. The molecule has 0 aromatic heterocycles. The second-order valence-corrected chi connectivity index (χ2v) is 9.70. The van der Waals surface area contributed by atoms with Crippen molar-refractivity contribution >= 4 is 27.3 Å². The van der Waals surface area contributed by atoms with Crippen molar-refractivity contribution in [1.82, 2.24) is 0 Å². The van der Waals surface area contributed by atoms with Crippen LogP contribution in [0.3, 0.4) is 0 Å². The molecule has 1 amide bonds. The SMILES string of the molecule is COc1ccccc1NS(=O)(=O)c1cccc(NC(=O)C[C@@H]2C[C@H]3CC[C@H]2C3)c1. The zero-order valence-corrected chi connectivity index (χ0v) is 17.2. The van der Waals surface area contributed by atoms with Gasteiger partial charge in [-0.05, 0) is 67.3 Å². The highest BCUT2D eigenvalue weighted by molar-refractivity contribution is 7.92. The van der Waals surface area contributed by atoms with E-state index in [2.05, 4.69) is 10.0 Å². The Morgan fingerprint density at radius 2 is 1.93 bits per heavy atom. The van der Waals surface area contributed by atoms with Crippen molar-refractivity contribution in [3.63, 3.8) is 0 Å². The molecule has 2 aliphatic rings. The van der Waals surface area contributed by atoms with Crippen molar-refractivity contribution in [3.8, 4) is 5.75 Å². The third kappa shape index (κ3) is 4.40. The van der Waals surface area contributed by atoms with Gasteiger partial charge in [-0.3, -0.25) is 9.52 Å². The summed E-state index contributed by atoms with van der Waals surface area (Å²) < 4.78 is 33.3. The van der Waals surface area contributed by atoms with Crippen LogP contribution >= 0.6 is 0 Å². The average Bonchev–Trinajstić information content (AvgIpc) is 3.31. The minimum absolute atomic E-state index is 0.0465. The van der Waals surface area contributed by atoms with Crippen LogP contribution < -0.4 is 14.8 Å². The first-order valence-corrected chi connectivity index (χ1v) is 11.5. The summed E-state index contributed by atoms with van der Waals surface area (Å²) in [5, 5.41) is 2.87. The van der Waals surface area contributed by atoms with E-state index in [1.165, 1.54) is 38.5 Å². The first-order valence-electron chi connectivity index (χ1n) is 10.0. The minimum atomic E-state index is -3.81. The Bertz CT molecular complexity index is 1010. The first kappa shape index (κ1) is 19.8. The lowest BCUT2D eigenvalue weighted by atomic mass is 9.86. The van der Waals surface area contributed by atoms with Gasteiger partial charge in [0.2, 0.25) is 5.91 Å². The average molecular weight is 415 g/mol. The van der Waals surface area contributed by atoms with Crippen LogP contribution in [-0.2, 0) is 14.8 Å². The van der Waals surface area contributed by atoms with Gasteiger partial charge in [0, 0.05) is 12.1 Å². The molecule has 0 radical (unpaired) electrons. The van der Waals surface area contributed by atoms with Crippen LogP contribution in [0.1, 0.15) is 32.1 Å². The Morgan fingerprint density at radius 3 is 2.66 bits per heavy atom. The van der Waals surface area contributed by atoms with E-state index < -0.39 is 10.0 Å². The van der Waals surface area contributed by atoms with E-state index in [4.69, 9.17) is 4.74 Å². The molecule has 154 valence electrons. The smallest absolute Gasteiger partial charge is 0.262 e. The summed E-state index contributed by atoms with van der Waals surface area (Å²) in [6.45, 7) is 0. The molecule has 2 bridgehead atoms. The van der Waals surface area contributed by atoms with Gasteiger partial charge in [0.15, 0.2) is 0 Å². The van der Waals surface area contributed by atoms with Crippen molar-refractivity contribution in [2.75, 3.05) is 17.1 Å². The number of rotatable bonds is 7. The van der Waals surface area contributed by atoms with Crippen molar-refractivity contribution in [2.24, 2.45) is 17.8 Å². The third-order valence-corrected chi connectivity index (χ3v) is 7.47. The molecule has 7 heteroatoms. The van der Waals surface area contributed by atoms with E-state index in [-0.39, 0.29) is 10.8 Å². The van der Waals surface area contributed by atoms with Crippen LogP contribution in [0, 0.1) is 17.8 Å². The number of ether oxygens (including phenoxy) is 1. The fourth-order valence-electron chi connectivity index (χ4n) is 4.75. The predicted octanol–water partition coefficient (Wildman–Crippen LogP) is 4.26. The first-order chi connectivity index (χ1) is 13.9. The van der Waals surface area contributed by atoms with E-state index in [1.54, 1.807) is 36.4 Å². The number of benzene rings is 2. The van der Waals surface area contributed by atoms with Gasteiger partial charge in [-0.2, -0.15) is 0 Å². The highest BCUT2D eigenvalue weighted by atomic mass is 32.2. The zero-order valence-electron chi connectivity index (χ0n) is 16.4. The van der Waals surface area contributed by atoms with Crippen LogP contribution in [-0.4, -0.2) is 21.4 Å². The lowest BCUT2D eigenvalue weighted by Crippen LogP contribution is -2.20. The number of fused-ring (bicyclic) bond motifs is 2. The van der Waals surface area contributed by atoms with Crippen LogP contribution in [0.15, 0.2) is 53.4 Å². The largest absolute Gasteiger partial charge is 0.495 e. The molecular weight excluding hydrogens is 388 g/mol. The molecule has 4 rings (SSSR count). The van der Waals surface area contributed by atoms with Crippen molar-refractivity contribution in [3.05, 3.63) is 48.5 Å². The van der Waals surface area contributed by atoms with Crippen LogP contribution in [0.5, 0.6) is 5.75 Å². The molecule has 2 N–H and O–H groups in total. The second kappa shape index (κ2) is 8.06. The number of hydrogen-bond acceptors (Lipinski definition) is 4. The molecule has 2 aliphatic carbocycles. The summed E-state index contributed by atoms with van der Waals surface area (Å²) >= 11 is 0. The maximum absolute atomic E-state index is 12.8. The highest BCUT2D eigenvalue weighted by Gasteiger charge is 2.40. The molecule has 2 fully saturated rings. The lowest BCUT2D eigenvalue weighted by molar-refractivity contribution is -0.117. The zero-order chi connectivity index (χ0) is 20.4. The van der Waals surface area contributed by atoms with Gasteiger partial charge in [-0.15, -0.1) is 0 Å². The molecule has 2 aromatic rings. The van der Waals surface area contributed by atoms with E-state index in [0.717, 1.165) is 12.3 Å². The monoisotopic (exact) mass is 414 g/mol. The van der Waals surface area contributed by atoms with Gasteiger partial charge >= 0.3 is 0 Å². The Labute approximate surface area is 171 Å². The maximum atomic E-state index is 12.8. The number of para-hydroxylation sites is 2. The number of anilines is 2. The standard InChI is InChI=1S/C22H26N2O4S/c1-28-21-8-3-2-7-20(21)24-29(26,27)19-6-4-5-18(14-19)23-22(25)13-17-12-15-9-10-16(17)11-15/h2-8,14-17,24H,9-13H2,1H3,(H,23,25)/t15-,16-,17-/m0/s1. The lowest BCUT2D eigenvalue weighted by Gasteiger charge is -2.21. The number of amides is 1. The molecule has 0 heterocycles. The van der Waals surface area contributed by atoms with E-state index in [0.29, 0.717) is 35.4 Å². The van der Waals surface area contributed by atoms with Crippen LogP contribution in [0.4, 0.5) is 11.4 Å². The second-order valence-electron chi connectivity index (χ2n) is 8.02. The molecule has 0 saturated heterocycles. The van der Waals surface area contributed by atoms with Crippen molar-refractivity contribution < 1.29 is 17.9 Å². The summed E-state index contributed by atoms with van der Waals surface area (Å²) in [4.78, 5) is 12.6. The molecule has 0 aliphatic heterocycles. The van der Waals surface area contributed by atoms with Crippen molar-refractivity contribution in [2.45, 2.75) is 37.0 Å². The van der Waals surface area contributed by atoms with Gasteiger partial charge in [0.05, 0.1) is 17.7 Å². The molecule has 2 saturated carbocycles. The van der Waals surface area contributed by atoms with Gasteiger partial charge in [-0.25, -0.2) is 8.42 Å². The predicted molar refractivity (Wildman–Crippen MR) is 112 cm³/mol. The van der Waals surface area contributed by atoms with E-state index >= 15 is 0 Å². The molecule has 0 spiro atoms. The minimum Gasteiger partial charge on any atom is -0.495 e. The quantitative estimate of drug-likeness (QED) is 0.709. The van der Waals surface area contributed by atoms with Gasteiger partial charge < -0.3 is 10.1 Å². The molecule has 6 nitrogen and oxygen atoms in total. The Kier molecular flexibility index (Phi) is 5.50. The molecule has 0 unspecified atom stereocenters. The van der Waals surface area contributed by atoms with Gasteiger partial charge in [-0.1, -0.05) is 24.6 Å². The summed E-state index contributed by atoms with van der Waals surface area (Å²) in [6, 6.07) is 13.1. The number of sulfonamides is 1. The maximum Gasteiger partial charge on any atom is 0.262 e. The van der Waals surface area contributed by atoms with Crippen LogP contribution in [0.2, 0.25) is 0 Å². The van der Waals surface area contributed by atoms with E-state index in [1.807, 2.05) is 0 Å². The molecule has 29 heavy (non-hydrogen) atoms. The third-order valence-electron chi connectivity index (χ3n) is 6.11. The summed E-state index contributed by atoms with van der Waals surface area (Å²) in [5.41, 5.74) is 0.849. The number of carbonyl (C=O) groups is 1. The summed E-state index contributed by atoms with van der Waals surface area (Å²) in [5.74, 6) is 2.34. The summed E-state index contributed by atoms with van der Waals surface area (Å²) in [6.07, 6.45) is 5.47. The Hall–Kier alpha value is -2.54. The Balaban J connectivity index is 1.44. The van der Waals surface area contributed by atoms with Gasteiger partial charge in [0.25, 0.3) is 10.0 Å². The van der Waals surface area contributed by atoms with E-state index in [9.17, 15) is 13.2 Å². The Morgan fingerprint density at radius 1 is 1.10 bits per heavy atom. The highest BCUT2D eigenvalue weighted by Crippen LogP contribution is 2.49. The molecule has 3 atom stereocenters. The fourth-order valence-corrected chi connectivity index (χ4v) is 5.87. The normalized spacial score (nSPS) is 23.0. The number of hydrogen-bond donors (Lipinski definition) is 2. The van der Waals surface area contributed by atoms with Crippen LogP contribution in [0.25, 0.3) is 0 Å². The topological polar surface area (TPSA) is 84.5 Å².